The number of hydrogen-bond donors (Lipinski definition) is 1. The maximum absolute atomic E-state index is 13.1. The number of carbonyl (C=O) groups excluding carboxylic acids is 2. The number of hydrazine groups is 1. The van der Waals surface area contributed by atoms with Gasteiger partial charge in [-0.15, -0.1) is 0 Å². The number of aldehydes is 1. The maximum atomic E-state index is 13.1. The van der Waals surface area contributed by atoms with Crippen LogP contribution in [0.25, 0.3) is 0 Å². The molecule has 0 aliphatic carbocycles. The van der Waals surface area contributed by atoms with Crippen molar-refractivity contribution in [1.82, 2.24) is 15.3 Å². The van der Waals surface area contributed by atoms with Gasteiger partial charge in [-0.1, -0.05) is 115 Å². The zero-order valence-electron chi connectivity index (χ0n) is 23.3. The van der Waals surface area contributed by atoms with Crippen LogP contribution in [0.1, 0.15) is 40.7 Å². The molecule has 0 aromatic heterocycles. The summed E-state index contributed by atoms with van der Waals surface area (Å²) in [5.74, 6) is 0. The molecule has 0 spiro atoms. The van der Waals surface area contributed by atoms with E-state index < -0.39 is 11.5 Å². The molecule has 1 heterocycles. The third kappa shape index (κ3) is 7.09. The Morgan fingerprint density at radius 1 is 0.805 bits per heavy atom. The predicted molar refractivity (Wildman–Crippen MR) is 161 cm³/mol. The molecule has 5 rings (SSSR count). The molecule has 0 atom stereocenters. The number of nitrogens with one attached hydrogen (secondary N) is 1. The van der Waals surface area contributed by atoms with Gasteiger partial charge in [0, 0.05) is 25.0 Å². The van der Waals surface area contributed by atoms with Crippen LogP contribution in [-0.2, 0) is 34.6 Å². The van der Waals surface area contributed by atoms with E-state index in [-0.39, 0.29) is 13.2 Å². The lowest BCUT2D eigenvalue weighted by Crippen LogP contribution is -2.50. The number of ether oxygens (including phenoxy) is 1. The summed E-state index contributed by atoms with van der Waals surface area (Å²) < 4.78 is 5.56. The van der Waals surface area contributed by atoms with Crippen LogP contribution in [0.4, 0.5) is 4.79 Å². The summed E-state index contributed by atoms with van der Waals surface area (Å²) in [5, 5.41) is 1.29. The van der Waals surface area contributed by atoms with Crippen molar-refractivity contribution in [1.29, 1.82) is 0 Å². The predicted octanol–water partition coefficient (Wildman–Crippen LogP) is 6.11. The Morgan fingerprint density at radius 3 is 1.90 bits per heavy atom. The molecule has 0 bridgehead atoms. The Morgan fingerprint density at radius 2 is 1.34 bits per heavy atom. The van der Waals surface area contributed by atoms with Gasteiger partial charge >= 0.3 is 6.09 Å². The van der Waals surface area contributed by atoms with Gasteiger partial charge in [0.15, 0.2) is 0 Å². The summed E-state index contributed by atoms with van der Waals surface area (Å²) in [5.41, 5.74) is 8.89. The Labute approximate surface area is 242 Å². The Kier molecular flexibility index (Phi) is 9.57. The average Bonchev–Trinajstić information content (AvgIpc) is 3.45. The zero-order valence-corrected chi connectivity index (χ0v) is 23.3. The van der Waals surface area contributed by atoms with E-state index in [4.69, 9.17) is 4.74 Å². The molecular formula is C35H37N3O3. The van der Waals surface area contributed by atoms with Gasteiger partial charge < -0.3 is 9.53 Å². The van der Waals surface area contributed by atoms with Crippen LogP contribution in [0.2, 0.25) is 0 Å². The van der Waals surface area contributed by atoms with Crippen LogP contribution in [0.15, 0.2) is 115 Å². The van der Waals surface area contributed by atoms with Gasteiger partial charge in [0.1, 0.15) is 12.9 Å². The number of nitrogens with zero attached hydrogens (tertiary/aromatic N) is 2. The molecule has 0 saturated carbocycles. The van der Waals surface area contributed by atoms with Crippen LogP contribution in [-0.4, -0.2) is 41.9 Å². The monoisotopic (exact) mass is 547 g/mol. The lowest BCUT2D eigenvalue weighted by molar-refractivity contribution is -0.109. The Bertz CT molecular complexity index is 1330. The molecule has 1 amide bonds. The second-order valence-corrected chi connectivity index (χ2v) is 10.5. The first-order valence-electron chi connectivity index (χ1n) is 14.2. The maximum Gasteiger partial charge on any atom is 0.424 e. The highest BCUT2D eigenvalue weighted by molar-refractivity contribution is 5.70. The van der Waals surface area contributed by atoms with Crippen LogP contribution < -0.4 is 5.43 Å². The molecule has 1 aliphatic rings. The number of fused-ring (bicyclic) bond motifs is 1. The van der Waals surface area contributed by atoms with E-state index in [2.05, 4.69) is 83.1 Å². The van der Waals surface area contributed by atoms with Gasteiger partial charge in [-0.25, -0.2) is 15.2 Å². The van der Waals surface area contributed by atoms with Gasteiger partial charge in [0.05, 0.1) is 6.54 Å². The van der Waals surface area contributed by atoms with E-state index in [1.165, 1.54) is 16.1 Å². The second-order valence-electron chi connectivity index (χ2n) is 10.5. The standard InChI is InChI=1S/C35H37N3O3/c39-24-23-38(34(40)41-27-29-13-4-1-5-14-29)36-28-35(32-17-6-2-7-18-32,33-19-8-3-9-20-33)21-12-22-37-25-30-15-10-11-16-31(30)26-37/h1-11,13-20,24,36H,12,21-23,25-28H2. The minimum atomic E-state index is -0.578. The van der Waals surface area contributed by atoms with Crippen molar-refractivity contribution in [2.24, 2.45) is 0 Å². The number of amides is 1. The highest BCUT2D eigenvalue weighted by Crippen LogP contribution is 2.37. The van der Waals surface area contributed by atoms with E-state index in [9.17, 15) is 9.59 Å². The molecule has 210 valence electrons. The fourth-order valence-electron chi connectivity index (χ4n) is 5.73. The van der Waals surface area contributed by atoms with Crippen molar-refractivity contribution < 1.29 is 14.3 Å². The van der Waals surface area contributed by atoms with Crippen molar-refractivity contribution in [3.05, 3.63) is 143 Å². The Balaban J connectivity index is 1.35. The van der Waals surface area contributed by atoms with Crippen LogP contribution in [0.3, 0.4) is 0 Å². The molecular weight excluding hydrogens is 510 g/mol. The first kappa shape index (κ1) is 28.3. The third-order valence-electron chi connectivity index (χ3n) is 7.89. The minimum absolute atomic E-state index is 0.112. The summed E-state index contributed by atoms with van der Waals surface area (Å²) in [4.78, 5) is 27.1. The summed E-state index contributed by atoms with van der Waals surface area (Å²) in [7, 11) is 0. The number of benzene rings is 4. The summed E-state index contributed by atoms with van der Waals surface area (Å²) >= 11 is 0. The number of carbonyl (C=O) groups is 2. The molecule has 41 heavy (non-hydrogen) atoms. The largest absolute Gasteiger partial charge is 0.444 e. The lowest BCUT2D eigenvalue weighted by Gasteiger charge is -2.37. The van der Waals surface area contributed by atoms with Crippen LogP contribution in [0, 0.1) is 0 Å². The summed E-state index contributed by atoms with van der Waals surface area (Å²) in [6.45, 7) is 3.36. The average molecular weight is 548 g/mol. The first-order valence-corrected chi connectivity index (χ1v) is 14.2. The van der Waals surface area contributed by atoms with Crippen molar-refractivity contribution in [3.63, 3.8) is 0 Å². The topological polar surface area (TPSA) is 61.9 Å². The fourth-order valence-corrected chi connectivity index (χ4v) is 5.73. The van der Waals surface area contributed by atoms with E-state index in [1.807, 2.05) is 42.5 Å². The van der Waals surface area contributed by atoms with Crippen molar-refractivity contribution >= 4 is 12.4 Å². The SMILES string of the molecule is O=CCN(NCC(CCCN1Cc2ccccc2C1)(c1ccccc1)c1ccccc1)C(=O)OCc1ccccc1. The molecule has 6 nitrogen and oxygen atoms in total. The molecule has 0 saturated heterocycles. The number of rotatable bonds is 13. The third-order valence-corrected chi connectivity index (χ3v) is 7.89. The highest BCUT2D eigenvalue weighted by atomic mass is 16.6. The first-order chi connectivity index (χ1) is 20.2. The number of hydrogen-bond acceptors (Lipinski definition) is 5. The molecule has 1 N–H and O–H groups in total. The van der Waals surface area contributed by atoms with Crippen LogP contribution in [0.5, 0.6) is 0 Å². The van der Waals surface area contributed by atoms with Gasteiger partial charge in [0.2, 0.25) is 0 Å². The minimum Gasteiger partial charge on any atom is -0.444 e. The molecule has 4 aromatic rings. The van der Waals surface area contributed by atoms with Crippen molar-refractivity contribution in [2.75, 3.05) is 19.6 Å². The molecule has 0 unspecified atom stereocenters. The zero-order chi connectivity index (χ0) is 28.3. The lowest BCUT2D eigenvalue weighted by atomic mass is 9.71. The van der Waals surface area contributed by atoms with Crippen LogP contribution >= 0.6 is 0 Å². The van der Waals surface area contributed by atoms with Crippen molar-refractivity contribution in [2.45, 2.75) is 38.0 Å². The fraction of sp³-hybridized carbons (Fsp3) is 0.257. The smallest absolute Gasteiger partial charge is 0.424 e. The molecule has 1 aliphatic heterocycles. The van der Waals surface area contributed by atoms with E-state index >= 15 is 0 Å². The van der Waals surface area contributed by atoms with E-state index in [1.54, 1.807) is 0 Å². The quantitative estimate of drug-likeness (QED) is 0.162. The van der Waals surface area contributed by atoms with E-state index in [0.717, 1.165) is 49.2 Å². The highest BCUT2D eigenvalue weighted by Gasteiger charge is 2.35. The molecule has 0 radical (unpaired) electrons. The van der Waals surface area contributed by atoms with Crippen molar-refractivity contribution in [3.8, 4) is 0 Å². The van der Waals surface area contributed by atoms with Gasteiger partial charge in [-0.05, 0) is 47.2 Å². The van der Waals surface area contributed by atoms with Gasteiger partial charge in [-0.2, -0.15) is 0 Å². The summed E-state index contributed by atoms with van der Waals surface area (Å²) in [6.07, 6.45) is 1.96. The van der Waals surface area contributed by atoms with E-state index in [0.29, 0.717) is 12.8 Å². The molecule has 6 heteroatoms. The summed E-state index contributed by atoms with van der Waals surface area (Å²) in [6, 6.07) is 39.1. The van der Waals surface area contributed by atoms with Gasteiger partial charge in [0.25, 0.3) is 0 Å². The van der Waals surface area contributed by atoms with Gasteiger partial charge in [-0.3, -0.25) is 4.90 Å². The normalized spacial score (nSPS) is 13.0. The molecule has 0 fully saturated rings. The molecule has 4 aromatic carbocycles. The second kappa shape index (κ2) is 13.9. The Hall–Kier alpha value is -4.26.